The summed E-state index contributed by atoms with van der Waals surface area (Å²) in [5.74, 6) is 0. The molecule has 20 heavy (non-hydrogen) atoms. The lowest BCUT2D eigenvalue weighted by Gasteiger charge is -2.24. The molecule has 110 valence electrons. The molecule has 2 rings (SSSR count). The first-order chi connectivity index (χ1) is 9.61. The highest BCUT2D eigenvalue weighted by atomic mass is 16.5. The molecule has 0 spiro atoms. The fraction of sp³-hybridized carbons (Fsp3) is 0.533. The average molecular weight is 278 g/mol. The highest BCUT2D eigenvalue weighted by Crippen LogP contribution is 2.19. The Balaban J connectivity index is 1.70. The summed E-state index contributed by atoms with van der Waals surface area (Å²) in [7, 11) is 1.71. The third kappa shape index (κ3) is 4.21. The van der Waals surface area contributed by atoms with Crippen LogP contribution in [0.5, 0.6) is 0 Å². The maximum Gasteiger partial charge on any atom is 0.407 e. The second-order valence-electron chi connectivity index (χ2n) is 5.42. The van der Waals surface area contributed by atoms with Gasteiger partial charge in [-0.2, -0.15) is 0 Å². The van der Waals surface area contributed by atoms with E-state index in [1.807, 2.05) is 30.3 Å². The van der Waals surface area contributed by atoms with Crippen LogP contribution in [0, 0.1) is 0 Å². The molecular formula is C15H22N2O3. The fourth-order valence-corrected chi connectivity index (χ4v) is 2.35. The first-order valence-electron chi connectivity index (χ1n) is 6.84. The summed E-state index contributed by atoms with van der Waals surface area (Å²) in [6.45, 7) is 3.70. The highest BCUT2D eigenvalue weighted by molar-refractivity contribution is 5.67. The molecular weight excluding hydrogens is 256 g/mol. The van der Waals surface area contributed by atoms with E-state index in [9.17, 15) is 4.79 Å². The third-order valence-corrected chi connectivity index (χ3v) is 3.60. The lowest BCUT2D eigenvalue weighted by atomic mass is 9.99. The summed E-state index contributed by atoms with van der Waals surface area (Å²) >= 11 is 0. The molecule has 1 aromatic carbocycles. The Morgan fingerprint density at radius 2 is 2.20 bits per heavy atom. The van der Waals surface area contributed by atoms with Crippen LogP contribution < -0.4 is 10.6 Å². The van der Waals surface area contributed by atoms with E-state index in [1.165, 1.54) is 0 Å². The van der Waals surface area contributed by atoms with Gasteiger partial charge in [0, 0.05) is 25.7 Å². The van der Waals surface area contributed by atoms with Gasteiger partial charge in [0.1, 0.15) is 6.61 Å². The highest BCUT2D eigenvalue weighted by Gasteiger charge is 2.34. The van der Waals surface area contributed by atoms with Crippen LogP contribution in [0.4, 0.5) is 4.79 Å². The Hall–Kier alpha value is -1.59. The van der Waals surface area contributed by atoms with Gasteiger partial charge in [-0.05, 0) is 18.9 Å². The predicted molar refractivity (Wildman–Crippen MR) is 76.5 cm³/mol. The van der Waals surface area contributed by atoms with Crippen LogP contribution in [0.15, 0.2) is 30.3 Å². The van der Waals surface area contributed by atoms with Crippen molar-refractivity contribution < 1.29 is 14.3 Å². The normalized spacial score (nSPS) is 25.4. The van der Waals surface area contributed by atoms with Crippen LogP contribution in [-0.2, 0) is 16.1 Å². The van der Waals surface area contributed by atoms with Gasteiger partial charge < -0.3 is 20.1 Å². The second-order valence-corrected chi connectivity index (χ2v) is 5.42. The van der Waals surface area contributed by atoms with Crippen molar-refractivity contribution in [1.82, 2.24) is 10.6 Å². The van der Waals surface area contributed by atoms with Gasteiger partial charge in [0.2, 0.25) is 0 Å². The summed E-state index contributed by atoms with van der Waals surface area (Å²) in [5, 5.41) is 6.17. The molecule has 5 heteroatoms. The largest absolute Gasteiger partial charge is 0.445 e. The average Bonchev–Trinajstić information content (AvgIpc) is 2.86. The van der Waals surface area contributed by atoms with Crippen LogP contribution in [0.25, 0.3) is 0 Å². The summed E-state index contributed by atoms with van der Waals surface area (Å²) in [5.41, 5.74) is 0.846. The van der Waals surface area contributed by atoms with E-state index in [0.717, 1.165) is 18.5 Å². The van der Waals surface area contributed by atoms with Gasteiger partial charge in [0.25, 0.3) is 0 Å². The van der Waals surface area contributed by atoms with Crippen LogP contribution in [0.3, 0.4) is 0 Å². The molecule has 1 aromatic rings. The lowest BCUT2D eigenvalue weighted by Crippen LogP contribution is -2.47. The van der Waals surface area contributed by atoms with E-state index >= 15 is 0 Å². The van der Waals surface area contributed by atoms with Crippen molar-refractivity contribution in [3.63, 3.8) is 0 Å². The number of amides is 1. The van der Waals surface area contributed by atoms with Crippen molar-refractivity contribution in [1.29, 1.82) is 0 Å². The maximum absolute atomic E-state index is 11.7. The van der Waals surface area contributed by atoms with Crippen LogP contribution in [-0.4, -0.2) is 37.9 Å². The second kappa shape index (κ2) is 6.72. The molecule has 2 N–H and O–H groups in total. The maximum atomic E-state index is 11.7. The van der Waals surface area contributed by atoms with Gasteiger partial charge in [-0.15, -0.1) is 0 Å². The quantitative estimate of drug-likeness (QED) is 0.860. The van der Waals surface area contributed by atoms with E-state index in [1.54, 1.807) is 7.11 Å². The number of methoxy groups -OCH3 is 1. The topological polar surface area (TPSA) is 59.6 Å². The molecule has 1 fully saturated rings. The summed E-state index contributed by atoms with van der Waals surface area (Å²) in [6, 6.07) is 9.63. The number of carbonyl (C=O) groups is 1. The molecule has 5 nitrogen and oxygen atoms in total. The van der Waals surface area contributed by atoms with Crippen molar-refractivity contribution in [3.05, 3.63) is 35.9 Å². The molecule has 1 heterocycles. The van der Waals surface area contributed by atoms with E-state index in [4.69, 9.17) is 9.47 Å². The summed E-state index contributed by atoms with van der Waals surface area (Å²) in [6.07, 6.45) is 0.697. The Labute approximate surface area is 119 Å². The third-order valence-electron chi connectivity index (χ3n) is 3.60. The predicted octanol–water partition coefficient (Wildman–Crippen LogP) is 1.68. The Bertz CT molecular complexity index is 438. The molecule has 1 aliphatic heterocycles. The molecule has 0 bridgehead atoms. The van der Waals surface area contributed by atoms with Gasteiger partial charge in [0.05, 0.1) is 6.10 Å². The van der Waals surface area contributed by atoms with Crippen molar-refractivity contribution in [3.8, 4) is 0 Å². The molecule has 0 saturated carbocycles. The molecule has 0 unspecified atom stereocenters. The first kappa shape index (κ1) is 14.8. The van der Waals surface area contributed by atoms with E-state index < -0.39 is 6.09 Å². The number of rotatable bonds is 5. The molecule has 0 radical (unpaired) electrons. The Morgan fingerprint density at radius 3 is 2.85 bits per heavy atom. The van der Waals surface area contributed by atoms with Crippen molar-refractivity contribution in [2.24, 2.45) is 0 Å². The zero-order valence-electron chi connectivity index (χ0n) is 12.0. The molecule has 1 saturated heterocycles. The smallest absolute Gasteiger partial charge is 0.407 e. The number of benzene rings is 1. The lowest BCUT2D eigenvalue weighted by molar-refractivity contribution is 0.111. The Kier molecular flexibility index (Phi) is 4.98. The standard InChI is InChI=1S/C15H22N2O3/c1-15(8-13(19-2)9-17-15)11-16-14(18)20-10-12-6-4-3-5-7-12/h3-7,13,17H,8-11H2,1-2H3,(H,16,18)/t13-,15+/m0/s1. The van der Waals surface area contributed by atoms with Gasteiger partial charge in [-0.25, -0.2) is 4.79 Å². The minimum atomic E-state index is -0.391. The number of hydrogen-bond donors (Lipinski definition) is 2. The number of carbonyl (C=O) groups excluding carboxylic acids is 1. The van der Waals surface area contributed by atoms with E-state index in [0.29, 0.717) is 6.54 Å². The zero-order valence-corrected chi connectivity index (χ0v) is 12.0. The SMILES string of the molecule is CO[C@@H]1CN[C@@](C)(CNC(=O)OCc2ccccc2)C1. The van der Waals surface area contributed by atoms with Crippen molar-refractivity contribution >= 4 is 6.09 Å². The fourth-order valence-electron chi connectivity index (χ4n) is 2.35. The van der Waals surface area contributed by atoms with Crippen LogP contribution in [0.1, 0.15) is 18.9 Å². The van der Waals surface area contributed by atoms with Gasteiger partial charge >= 0.3 is 6.09 Å². The van der Waals surface area contributed by atoms with Crippen molar-refractivity contribution in [2.45, 2.75) is 31.6 Å². The minimum Gasteiger partial charge on any atom is -0.445 e. The summed E-state index contributed by atoms with van der Waals surface area (Å²) in [4.78, 5) is 11.7. The first-order valence-corrected chi connectivity index (χ1v) is 6.84. The van der Waals surface area contributed by atoms with E-state index in [-0.39, 0.29) is 18.2 Å². The van der Waals surface area contributed by atoms with Crippen LogP contribution in [0.2, 0.25) is 0 Å². The number of ether oxygens (including phenoxy) is 2. The van der Waals surface area contributed by atoms with Gasteiger partial charge in [-0.1, -0.05) is 30.3 Å². The molecule has 1 amide bonds. The Morgan fingerprint density at radius 1 is 1.45 bits per heavy atom. The zero-order chi connectivity index (χ0) is 14.4. The molecule has 0 aliphatic carbocycles. The van der Waals surface area contributed by atoms with Crippen molar-refractivity contribution in [2.75, 3.05) is 20.2 Å². The monoisotopic (exact) mass is 278 g/mol. The molecule has 1 aliphatic rings. The number of hydrogen-bond acceptors (Lipinski definition) is 4. The van der Waals surface area contributed by atoms with Gasteiger partial charge in [-0.3, -0.25) is 0 Å². The molecule has 2 atom stereocenters. The summed E-state index contributed by atoms with van der Waals surface area (Å²) < 4.78 is 10.5. The van der Waals surface area contributed by atoms with Crippen LogP contribution >= 0.6 is 0 Å². The van der Waals surface area contributed by atoms with E-state index in [2.05, 4.69) is 17.6 Å². The van der Waals surface area contributed by atoms with Gasteiger partial charge in [0.15, 0.2) is 0 Å². The minimum absolute atomic E-state index is 0.132. The number of nitrogens with one attached hydrogen (secondary N) is 2. The molecule has 0 aromatic heterocycles. The number of alkyl carbamates (subject to hydrolysis) is 1.